The molecule has 0 atom stereocenters. The molecule has 4 aromatic rings. The number of halogens is 2. The minimum absolute atomic E-state index is 0.218. The van der Waals surface area contributed by atoms with E-state index in [2.05, 4.69) is 18.8 Å². The summed E-state index contributed by atoms with van der Waals surface area (Å²) in [5, 5.41) is 1.83. The van der Waals surface area contributed by atoms with Gasteiger partial charge in [0.05, 0.1) is 6.61 Å². The quantitative estimate of drug-likeness (QED) is 0.214. The SMILES string of the molecule is CCCCOc1ccc(CCc2ccc(C#Cc3ccc4cc(F)ccc4c3)cc2)c(F)c1. The van der Waals surface area contributed by atoms with E-state index in [1.54, 1.807) is 6.07 Å². The average Bonchev–Trinajstić information content (AvgIpc) is 2.83. The van der Waals surface area contributed by atoms with Crippen molar-refractivity contribution < 1.29 is 13.5 Å². The van der Waals surface area contributed by atoms with E-state index in [4.69, 9.17) is 4.74 Å². The fourth-order valence-electron chi connectivity index (χ4n) is 3.63. The van der Waals surface area contributed by atoms with Crippen LogP contribution in [-0.4, -0.2) is 6.61 Å². The molecule has 1 nitrogen and oxygen atoms in total. The number of unbranched alkanes of at least 4 members (excludes halogenated alkanes) is 1. The predicted molar refractivity (Wildman–Crippen MR) is 131 cm³/mol. The molecule has 0 spiro atoms. The molecule has 0 saturated heterocycles. The van der Waals surface area contributed by atoms with E-state index in [0.717, 1.165) is 46.7 Å². The second kappa shape index (κ2) is 10.8. The van der Waals surface area contributed by atoms with Crippen LogP contribution in [0.4, 0.5) is 8.78 Å². The molecule has 0 amide bonds. The third-order valence-corrected chi connectivity index (χ3v) is 5.58. The van der Waals surface area contributed by atoms with Crippen molar-refractivity contribution in [3.05, 3.63) is 113 Å². The van der Waals surface area contributed by atoms with Gasteiger partial charge >= 0.3 is 0 Å². The van der Waals surface area contributed by atoms with Crippen molar-refractivity contribution in [3.8, 4) is 17.6 Å². The number of aryl methyl sites for hydroxylation is 2. The van der Waals surface area contributed by atoms with Gasteiger partial charge in [-0.15, -0.1) is 0 Å². The lowest BCUT2D eigenvalue weighted by Crippen LogP contribution is -1.99. The Labute approximate surface area is 194 Å². The predicted octanol–water partition coefficient (Wildman–Crippen LogP) is 7.48. The third-order valence-electron chi connectivity index (χ3n) is 5.58. The van der Waals surface area contributed by atoms with E-state index < -0.39 is 0 Å². The maximum atomic E-state index is 14.4. The Bertz CT molecular complexity index is 1300. The van der Waals surface area contributed by atoms with Crippen molar-refractivity contribution in [2.24, 2.45) is 0 Å². The molecule has 0 bridgehead atoms. The van der Waals surface area contributed by atoms with Gasteiger partial charge in [0, 0.05) is 17.2 Å². The van der Waals surface area contributed by atoms with Gasteiger partial charge in [0.15, 0.2) is 0 Å². The Morgan fingerprint density at radius 3 is 2.24 bits per heavy atom. The normalized spacial score (nSPS) is 10.6. The lowest BCUT2D eigenvalue weighted by atomic mass is 10.0. The van der Waals surface area contributed by atoms with E-state index >= 15 is 0 Å². The van der Waals surface area contributed by atoms with Crippen LogP contribution >= 0.6 is 0 Å². The maximum Gasteiger partial charge on any atom is 0.130 e. The van der Waals surface area contributed by atoms with Gasteiger partial charge in [-0.3, -0.25) is 0 Å². The molecule has 0 unspecified atom stereocenters. The minimum atomic E-state index is -0.238. The van der Waals surface area contributed by atoms with Gasteiger partial charge in [-0.2, -0.15) is 0 Å². The average molecular weight is 441 g/mol. The molecule has 3 heteroatoms. The van der Waals surface area contributed by atoms with Crippen molar-refractivity contribution in [2.45, 2.75) is 32.6 Å². The maximum absolute atomic E-state index is 14.4. The summed E-state index contributed by atoms with van der Waals surface area (Å²) < 4.78 is 33.3. The Morgan fingerprint density at radius 1 is 0.727 bits per heavy atom. The first-order valence-corrected chi connectivity index (χ1v) is 11.3. The first-order valence-electron chi connectivity index (χ1n) is 11.3. The lowest BCUT2D eigenvalue weighted by Gasteiger charge is -2.08. The van der Waals surface area contributed by atoms with E-state index in [-0.39, 0.29) is 11.6 Å². The van der Waals surface area contributed by atoms with Crippen molar-refractivity contribution >= 4 is 10.8 Å². The zero-order chi connectivity index (χ0) is 23.0. The molecule has 0 aliphatic rings. The van der Waals surface area contributed by atoms with Gasteiger partial charge in [-0.1, -0.05) is 55.5 Å². The third kappa shape index (κ3) is 6.20. The van der Waals surface area contributed by atoms with E-state index in [1.807, 2.05) is 54.6 Å². The molecular formula is C30H26F2O. The van der Waals surface area contributed by atoms with Crippen LogP contribution in [0.2, 0.25) is 0 Å². The molecule has 0 aliphatic carbocycles. The molecule has 166 valence electrons. The topological polar surface area (TPSA) is 9.23 Å². The summed E-state index contributed by atoms with van der Waals surface area (Å²) in [4.78, 5) is 0. The molecule has 0 radical (unpaired) electrons. The van der Waals surface area contributed by atoms with Gasteiger partial charge in [0.1, 0.15) is 17.4 Å². The highest BCUT2D eigenvalue weighted by atomic mass is 19.1. The molecule has 4 aromatic carbocycles. The second-order valence-electron chi connectivity index (χ2n) is 8.11. The molecule has 0 aliphatic heterocycles. The van der Waals surface area contributed by atoms with Crippen molar-refractivity contribution in [3.63, 3.8) is 0 Å². The Hall–Kier alpha value is -3.64. The van der Waals surface area contributed by atoms with Crippen LogP contribution in [0, 0.1) is 23.5 Å². The molecule has 0 aromatic heterocycles. The molecule has 0 N–H and O–H groups in total. The van der Waals surface area contributed by atoms with Crippen LogP contribution in [-0.2, 0) is 12.8 Å². The number of benzene rings is 4. The smallest absolute Gasteiger partial charge is 0.130 e. The summed E-state index contributed by atoms with van der Waals surface area (Å²) in [6.07, 6.45) is 3.40. The second-order valence-corrected chi connectivity index (χ2v) is 8.11. The van der Waals surface area contributed by atoms with E-state index in [0.29, 0.717) is 24.3 Å². The number of hydrogen-bond donors (Lipinski definition) is 0. The number of rotatable bonds is 7. The van der Waals surface area contributed by atoms with Crippen LogP contribution in [0.3, 0.4) is 0 Å². The summed E-state index contributed by atoms with van der Waals surface area (Å²) in [6, 6.07) is 23.7. The summed E-state index contributed by atoms with van der Waals surface area (Å²) in [5.74, 6) is 6.48. The lowest BCUT2D eigenvalue weighted by molar-refractivity contribution is 0.307. The summed E-state index contributed by atoms with van der Waals surface area (Å²) >= 11 is 0. The zero-order valence-electron chi connectivity index (χ0n) is 18.7. The highest BCUT2D eigenvalue weighted by Crippen LogP contribution is 2.20. The van der Waals surface area contributed by atoms with Crippen LogP contribution in [0.25, 0.3) is 10.8 Å². The van der Waals surface area contributed by atoms with Gasteiger partial charge in [-0.25, -0.2) is 8.78 Å². The number of hydrogen-bond acceptors (Lipinski definition) is 1. The summed E-state index contributed by atoms with van der Waals surface area (Å²) in [6.45, 7) is 2.71. The van der Waals surface area contributed by atoms with Crippen LogP contribution < -0.4 is 4.74 Å². The van der Waals surface area contributed by atoms with Gasteiger partial charge in [-0.05, 0) is 83.6 Å². The molecule has 0 saturated carbocycles. The van der Waals surface area contributed by atoms with Gasteiger partial charge in [0.25, 0.3) is 0 Å². The van der Waals surface area contributed by atoms with Gasteiger partial charge in [0.2, 0.25) is 0 Å². The van der Waals surface area contributed by atoms with Crippen molar-refractivity contribution in [1.82, 2.24) is 0 Å². The van der Waals surface area contributed by atoms with Crippen molar-refractivity contribution in [1.29, 1.82) is 0 Å². The Kier molecular flexibility index (Phi) is 7.37. The number of fused-ring (bicyclic) bond motifs is 1. The van der Waals surface area contributed by atoms with Crippen LogP contribution in [0.15, 0.2) is 78.9 Å². The van der Waals surface area contributed by atoms with Crippen molar-refractivity contribution in [2.75, 3.05) is 6.61 Å². The standard InChI is InChI=1S/C30H26F2O/c1-2-3-18-33-29-17-15-25(30(32)21-29)12-10-23-6-4-22(5-7-23)8-9-24-11-13-27-20-28(31)16-14-26(27)19-24/h4-7,11,13-17,19-21H,2-3,10,12,18H2,1H3. The molecule has 0 fully saturated rings. The monoisotopic (exact) mass is 440 g/mol. The van der Waals surface area contributed by atoms with Gasteiger partial charge < -0.3 is 4.74 Å². The minimum Gasteiger partial charge on any atom is -0.493 e. The molecule has 4 rings (SSSR count). The Balaban J connectivity index is 1.36. The molecule has 33 heavy (non-hydrogen) atoms. The van der Waals surface area contributed by atoms with Crippen LogP contribution in [0.1, 0.15) is 42.0 Å². The molecule has 0 heterocycles. The molecular weight excluding hydrogens is 414 g/mol. The summed E-state index contributed by atoms with van der Waals surface area (Å²) in [5.41, 5.74) is 3.63. The van der Waals surface area contributed by atoms with Crippen LogP contribution in [0.5, 0.6) is 5.75 Å². The Morgan fingerprint density at radius 2 is 1.45 bits per heavy atom. The fraction of sp³-hybridized carbons (Fsp3) is 0.200. The highest BCUT2D eigenvalue weighted by molar-refractivity contribution is 5.84. The fourth-order valence-corrected chi connectivity index (χ4v) is 3.63. The first kappa shape index (κ1) is 22.6. The van der Waals surface area contributed by atoms with E-state index in [9.17, 15) is 8.78 Å². The largest absolute Gasteiger partial charge is 0.493 e. The summed E-state index contributed by atoms with van der Waals surface area (Å²) in [7, 11) is 0. The van der Waals surface area contributed by atoms with E-state index in [1.165, 1.54) is 18.2 Å². The first-order chi connectivity index (χ1) is 16.1. The number of ether oxygens (including phenoxy) is 1. The zero-order valence-corrected chi connectivity index (χ0v) is 18.7. The highest BCUT2D eigenvalue weighted by Gasteiger charge is 2.05.